The maximum absolute atomic E-state index is 12.9. The van der Waals surface area contributed by atoms with Gasteiger partial charge in [0.2, 0.25) is 5.91 Å². The van der Waals surface area contributed by atoms with Gasteiger partial charge in [0, 0.05) is 35.8 Å². The van der Waals surface area contributed by atoms with Crippen LogP contribution in [0.3, 0.4) is 0 Å². The highest BCUT2D eigenvalue weighted by Gasteiger charge is 2.21. The number of fused-ring (bicyclic) bond motifs is 1. The quantitative estimate of drug-likeness (QED) is 0.243. The summed E-state index contributed by atoms with van der Waals surface area (Å²) in [5.41, 5.74) is 3.92. The molecule has 1 aliphatic rings. The van der Waals surface area contributed by atoms with E-state index in [0.29, 0.717) is 22.3 Å². The number of rotatable bonds is 10. The molecule has 0 atom stereocenters. The molecule has 0 unspecified atom stereocenters. The molecule has 1 N–H and O–H groups in total. The van der Waals surface area contributed by atoms with E-state index >= 15 is 0 Å². The lowest BCUT2D eigenvalue weighted by Crippen LogP contribution is -2.21. The Morgan fingerprint density at radius 1 is 1.19 bits per heavy atom. The van der Waals surface area contributed by atoms with Crippen LogP contribution in [-0.4, -0.2) is 39.5 Å². The molecule has 0 bridgehead atoms. The fourth-order valence-electron chi connectivity index (χ4n) is 4.73. The molecule has 1 aromatic carbocycles. The number of anilines is 2. The number of allylic oxidation sites excluding steroid dienone is 1. The molecule has 0 spiro atoms. The SMILES string of the molecule is C=CCn1c(SCC(=O)Nc2sc3c(c2C#N)CCCCCC3)nnc1-c1ccc(N(CC)CC)cc1. The van der Waals surface area contributed by atoms with Crippen molar-refractivity contribution in [3.8, 4) is 17.5 Å². The van der Waals surface area contributed by atoms with E-state index in [1.165, 1.54) is 35.2 Å². The molecule has 3 aromatic rings. The van der Waals surface area contributed by atoms with E-state index in [2.05, 4.69) is 71.2 Å². The number of carbonyl (C=O) groups is 1. The Morgan fingerprint density at radius 2 is 1.92 bits per heavy atom. The zero-order chi connectivity index (χ0) is 26.2. The minimum atomic E-state index is -0.144. The van der Waals surface area contributed by atoms with Crippen molar-refractivity contribution >= 4 is 39.7 Å². The van der Waals surface area contributed by atoms with E-state index < -0.39 is 0 Å². The number of thioether (sulfide) groups is 1. The van der Waals surface area contributed by atoms with E-state index in [-0.39, 0.29) is 11.7 Å². The number of aryl methyl sites for hydroxylation is 1. The van der Waals surface area contributed by atoms with E-state index in [1.54, 1.807) is 11.3 Å². The minimum Gasteiger partial charge on any atom is -0.372 e. The van der Waals surface area contributed by atoms with Gasteiger partial charge in [0.05, 0.1) is 11.3 Å². The molecule has 2 aromatic heterocycles. The van der Waals surface area contributed by atoms with Crippen molar-refractivity contribution in [1.82, 2.24) is 14.8 Å². The van der Waals surface area contributed by atoms with Crippen molar-refractivity contribution in [3.63, 3.8) is 0 Å². The van der Waals surface area contributed by atoms with Crippen molar-refractivity contribution in [2.75, 3.05) is 29.1 Å². The highest BCUT2D eigenvalue weighted by molar-refractivity contribution is 7.99. The lowest BCUT2D eigenvalue weighted by atomic mass is 9.97. The highest BCUT2D eigenvalue weighted by Crippen LogP contribution is 2.37. The number of carbonyl (C=O) groups excluding carboxylic acids is 1. The number of aromatic nitrogens is 3. The van der Waals surface area contributed by atoms with Crippen LogP contribution in [0, 0.1) is 11.3 Å². The topological polar surface area (TPSA) is 86.8 Å². The maximum Gasteiger partial charge on any atom is 0.235 e. The molecule has 37 heavy (non-hydrogen) atoms. The molecule has 2 heterocycles. The number of thiophene rings is 1. The molecular weight excluding hydrogens is 500 g/mol. The minimum absolute atomic E-state index is 0.144. The van der Waals surface area contributed by atoms with E-state index in [4.69, 9.17) is 0 Å². The van der Waals surface area contributed by atoms with Gasteiger partial charge in [0.25, 0.3) is 0 Å². The van der Waals surface area contributed by atoms with E-state index in [9.17, 15) is 10.1 Å². The summed E-state index contributed by atoms with van der Waals surface area (Å²) >= 11 is 2.91. The summed E-state index contributed by atoms with van der Waals surface area (Å²) in [6, 6.07) is 10.7. The Hall–Kier alpha value is -3.09. The average Bonchev–Trinajstić information content (AvgIpc) is 3.44. The first-order valence-corrected chi connectivity index (χ1v) is 14.8. The van der Waals surface area contributed by atoms with Crippen molar-refractivity contribution in [1.29, 1.82) is 5.26 Å². The number of amides is 1. The van der Waals surface area contributed by atoms with Crippen LogP contribution in [0.25, 0.3) is 11.4 Å². The zero-order valence-electron chi connectivity index (χ0n) is 21.6. The van der Waals surface area contributed by atoms with Crippen LogP contribution < -0.4 is 10.2 Å². The van der Waals surface area contributed by atoms with Gasteiger partial charge in [0.15, 0.2) is 11.0 Å². The van der Waals surface area contributed by atoms with Gasteiger partial charge in [-0.2, -0.15) is 5.26 Å². The summed E-state index contributed by atoms with van der Waals surface area (Å²) in [6.45, 7) is 10.6. The first-order valence-electron chi connectivity index (χ1n) is 13.0. The van der Waals surface area contributed by atoms with Crippen molar-refractivity contribution < 1.29 is 4.79 Å². The Morgan fingerprint density at radius 3 is 2.59 bits per heavy atom. The van der Waals surface area contributed by atoms with Crippen LogP contribution in [0.2, 0.25) is 0 Å². The molecular formula is C28H34N6OS2. The summed E-state index contributed by atoms with van der Waals surface area (Å²) in [4.78, 5) is 16.4. The molecule has 194 valence electrons. The third-order valence-electron chi connectivity index (χ3n) is 6.65. The predicted octanol–water partition coefficient (Wildman–Crippen LogP) is 6.30. The third kappa shape index (κ3) is 6.25. The van der Waals surface area contributed by atoms with Gasteiger partial charge in [-0.1, -0.05) is 30.7 Å². The summed E-state index contributed by atoms with van der Waals surface area (Å²) in [5.74, 6) is 0.789. The lowest BCUT2D eigenvalue weighted by Gasteiger charge is -2.21. The maximum atomic E-state index is 12.9. The number of hydrogen-bond acceptors (Lipinski definition) is 7. The Kier molecular flexibility index (Phi) is 9.42. The molecule has 4 rings (SSSR count). The second-order valence-corrected chi connectivity index (χ2v) is 11.0. The monoisotopic (exact) mass is 534 g/mol. The molecule has 1 amide bonds. The van der Waals surface area contributed by atoms with Gasteiger partial charge in [0.1, 0.15) is 11.1 Å². The second-order valence-electron chi connectivity index (χ2n) is 9.00. The lowest BCUT2D eigenvalue weighted by molar-refractivity contribution is -0.113. The summed E-state index contributed by atoms with van der Waals surface area (Å²) < 4.78 is 1.98. The van der Waals surface area contributed by atoms with Gasteiger partial charge in [-0.05, 0) is 69.4 Å². The standard InChI is InChI=1S/C28H34N6OS2/c1-4-17-34-26(20-13-15-21(16-14-20)33(5-2)6-3)31-32-28(34)36-19-25(35)30-27-23(18-29)22-11-9-7-8-10-12-24(22)37-27/h4,13-16H,1,5-12,17,19H2,2-3H3,(H,30,35). The smallest absolute Gasteiger partial charge is 0.235 e. The molecule has 0 radical (unpaired) electrons. The van der Waals surface area contributed by atoms with Gasteiger partial charge in [-0.25, -0.2) is 0 Å². The molecule has 0 saturated heterocycles. The zero-order valence-corrected chi connectivity index (χ0v) is 23.3. The Labute approximate surface area is 227 Å². The Bertz CT molecular complexity index is 1270. The van der Waals surface area contributed by atoms with Crippen LogP contribution in [0.4, 0.5) is 10.7 Å². The average molecular weight is 535 g/mol. The molecule has 0 fully saturated rings. The number of benzene rings is 1. The van der Waals surface area contributed by atoms with Crippen molar-refractivity contribution in [2.24, 2.45) is 0 Å². The van der Waals surface area contributed by atoms with Gasteiger partial charge in [-0.15, -0.1) is 28.1 Å². The first-order chi connectivity index (χ1) is 18.1. The predicted molar refractivity (Wildman–Crippen MR) is 153 cm³/mol. The summed E-state index contributed by atoms with van der Waals surface area (Å²) in [7, 11) is 0. The number of hydrogen-bond donors (Lipinski definition) is 1. The van der Waals surface area contributed by atoms with Crippen LogP contribution in [0.5, 0.6) is 0 Å². The largest absolute Gasteiger partial charge is 0.372 e. The number of nitrogens with one attached hydrogen (secondary N) is 1. The van der Waals surface area contributed by atoms with Crippen LogP contribution in [0.15, 0.2) is 42.1 Å². The van der Waals surface area contributed by atoms with Gasteiger partial charge < -0.3 is 10.2 Å². The van der Waals surface area contributed by atoms with Crippen molar-refractivity contribution in [2.45, 2.75) is 64.1 Å². The molecule has 7 nitrogen and oxygen atoms in total. The fraction of sp³-hybridized carbons (Fsp3) is 0.429. The van der Waals surface area contributed by atoms with Gasteiger partial charge >= 0.3 is 0 Å². The molecule has 9 heteroatoms. The molecule has 1 aliphatic carbocycles. The van der Waals surface area contributed by atoms with E-state index in [0.717, 1.165) is 55.7 Å². The third-order valence-corrected chi connectivity index (χ3v) is 8.83. The highest BCUT2D eigenvalue weighted by atomic mass is 32.2. The molecule has 0 aliphatic heterocycles. The number of nitriles is 1. The first kappa shape index (κ1) is 27.0. The molecule has 0 saturated carbocycles. The second kappa shape index (κ2) is 12.9. The van der Waals surface area contributed by atoms with Crippen molar-refractivity contribution in [3.05, 3.63) is 52.9 Å². The van der Waals surface area contributed by atoms with Crippen LogP contribution in [0.1, 0.15) is 55.5 Å². The van der Waals surface area contributed by atoms with Gasteiger partial charge in [-0.3, -0.25) is 9.36 Å². The summed E-state index contributed by atoms with van der Waals surface area (Å²) in [6.07, 6.45) is 8.38. The fourth-order valence-corrected chi connectivity index (χ4v) is 6.74. The summed E-state index contributed by atoms with van der Waals surface area (Å²) in [5, 5.41) is 22.9. The van der Waals surface area contributed by atoms with Crippen LogP contribution in [-0.2, 0) is 24.2 Å². The number of nitrogens with zero attached hydrogens (tertiary/aromatic N) is 5. The van der Waals surface area contributed by atoms with E-state index in [1.807, 2.05) is 10.6 Å². The van der Waals surface area contributed by atoms with Crippen LogP contribution >= 0.6 is 23.1 Å². The Balaban J connectivity index is 1.46. The normalized spacial score (nSPS) is 13.2.